The standard InChI is InChI=1S/C62H116O6/c1-4-7-10-13-16-19-22-25-28-30-31-33-34-37-40-43-46-49-52-55-61(64)67-58-59(57-66-60(63)54-51-48-45-42-39-36-27-24-21-18-15-12-9-6-3)68-62(65)56-53-50-47-44-41-38-35-32-29-26-23-20-17-14-11-8-5-2/h25-26,28-29,59H,4-24,27,30-58H2,1-3H3/b28-25-,29-26-. The Bertz CT molecular complexity index is 1100. The van der Waals surface area contributed by atoms with Crippen LogP contribution in [0.3, 0.4) is 0 Å². The van der Waals surface area contributed by atoms with Gasteiger partial charge in [-0.1, -0.05) is 270 Å². The third-order valence-corrected chi connectivity index (χ3v) is 13.7. The van der Waals surface area contributed by atoms with Crippen LogP contribution in [0.4, 0.5) is 0 Å². The first-order chi connectivity index (χ1) is 33.5. The summed E-state index contributed by atoms with van der Waals surface area (Å²) in [5.41, 5.74) is 0. The summed E-state index contributed by atoms with van der Waals surface area (Å²) in [6.45, 7) is 6.68. The second-order valence-electron chi connectivity index (χ2n) is 20.6. The fourth-order valence-electron chi connectivity index (χ4n) is 9.08. The van der Waals surface area contributed by atoms with Crippen LogP contribution in [0.25, 0.3) is 0 Å². The van der Waals surface area contributed by atoms with Gasteiger partial charge in [-0.25, -0.2) is 0 Å². The molecule has 1 atom stereocenters. The van der Waals surface area contributed by atoms with Gasteiger partial charge in [0.05, 0.1) is 0 Å². The SMILES string of the molecule is CCCCCCCC/C=C\CCCCCCCCCCCC(=O)OCC(COC(=O)CCCCCCCCCCCCCCCC)OC(=O)CCCCCCCCC/C=C\CCCCCCCC. The zero-order chi connectivity index (χ0) is 49.3. The van der Waals surface area contributed by atoms with Gasteiger partial charge in [0.25, 0.3) is 0 Å². The fraction of sp³-hybridized carbons (Fsp3) is 0.887. The minimum absolute atomic E-state index is 0.0688. The molecule has 0 aromatic rings. The molecule has 0 aliphatic carbocycles. The first kappa shape index (κ1) is 65.9. The van der Waals surface area contributed by atoms with Crippen molar-refractivity contribution in [2.24, 2.45) is 0 Å². The minimum Gasteiger partial charge on any atom is -0.462 e. The van der Waals surface area contributed by atoms with Crippen molar-refractivity contribution in [1.82, 2.24) is 0 Å². The van der Waals surface area contributed by atoms with E-state index < -0.39 is 6.10 Å². The number of rotatable bonds is 56. The number of carbonyl (C=O) groups is 3. The lowest BCUT2D eigenvalue weighted by Crippen LogP contribution is -2.30. The molecule has 6 nitrogen and oxygen atoms in total. The van der Waals surface area contributed by atoms with Crippen LogP contribution in [0.15, 0.2) is 24.3 Å². The van der Waals surface area contributed by atoms with E-state index in [2.05, 4.69) is 45.1 Å². The third kappa shape index (κ3) is 54.8. The highest BCUT2D eigenvalue weighted by molar-refractivity contribution is 5.71. The van der Waals surface area contributed by atoms with E-state index in [-0.39, 0.29) is 31.1 Å². The van der Waals surface area contributed by atoms with Crippen LogP contribution in [-0.2, 0) is 28.6 Å². The van der Waals surface area contributed by atoms with E-state index in [4.69, 9.17) is 14.2 Å². The van der Waals surface area contributed by atoms with Gasteiger partial charge in [0.1, 0.15) is 13.2 Å². The van der Waals surface area contributed by atoms with E-state index >= 15 is 0 Å². The van der Waals surface area contributed by atoms with Gasteiger partial charge in [-0.2, -0.15) is 0 Å². The molecule has 0 saturated carbocycles. The predicted molar refractivity (Wildman–Crippen MR) is 293 cm³/mol. The van der Waals surface area contributed by atoms with Crippen LogP contribution >= 0.6 is 0 Å². The van der Waals surface area contributed by atoms with E-state index in [0.717, 1.165) is 57.8 Å². The van der Waals surface area contributed by atoms with Crippen LogP contribution in [-0.4, -0.2) is 37.2 Å². The van der Waals surface area contributed by atoms with Gasteiger partial charge >= 0.3 is 17.9 Å². The smallest absolute Gasteiger partial charge is 0.306 e. The van der Waals surface area contributed by atoms with Crippen molar-refractivity contribution in [1.29, 1.82) is 0 Å². The number of unbranched alkanes of at least 4 members (excludes halogenated alkanes) is 41. The number of carbonyl (C=O) groups excluding carboxylic acids is 3. The van der Waals surface area contributed by atoms with Gasteiger partial charge in [-0.3, -0.25) is 14.4 Å². The van der Waals surface area contributed by atoms with Crippen molar-refractivity contribution >= 4 is 17.9 Å². The van der Waals surface area contributed by atoms with Crippen molar-refractivity contribution in [2.45, 2.75) is 341 Å². The Morgan fingerprint density at radius 2 is 0.485 bits per heavy atom. The predicted octanol–water partition coefficient (Wildman–Crippen LogP) is 20.3. The number of allylic oxidation sites excluding steroid dienone is 4. The van der Waals surface area contributed by atoms with Crippen LogP contribution in [0.2, 0.25) is 0 Å². The van der Waals surface area contributed by atoms with Crippen molar-refractivity contribution < 1.29 is 28.6 Å². The normalized spacial score (nSPS) is 12.1. The Hall–Kier alpha value is -2.11. The summed E-state index contributed by atoms with van der Waals surface area (Å²) in [4.78, 5) is 38.2. The van der Waals surface area contributed by atoms with Gasteiger partial charge in [0, 0.05) is 19.3 Å². The van der Waals surface area contributed by atoms with E-state index in [9.17, 15) is 14.4 Å². The summed E-state index contributed by atoms with van der Waals surface area (Å²) in [6, 6.07) is 0. The summed E-state index contributed by atoms with van der Waals surface area (Å²) >= 11 is 0. The topological polar surface area (TPSA) is 78.9 Å². The van der Waals surface area contributed by atoms with E-state index in [1.165, 1.54) is 238 Å². The number of hydrogen-bond donors (Lipinski definition) is 0. The van der Waals surface area contributed by atoms with Crippen LogP contribution in [0.1, 0.15) is 335 Å². The number of esters is 3. The summed E-state index contributed by atoms with van der Waals surface area (Å²) in [7, 11) is 0. The molecule has 0 aromatic heterocycles. The first-order valence-corrected chi connectivity index (χ1v) is 30.3. The molecule has 0 rings (SSSR count). The van der Waals surface area contributed by atoms with Crippen molar-refractivity contribution in [3.8, 4) is 0 Å². The average molecular weight is 958 g/mol. The highest BCUT2D eigenvalue weighted by Gasteiger charge is 2.19. The van der Waals surface area contributed by atoms with Crippen LogP contribution < -0.4 is 0 Å². The lowest BCUT2D eigenvalue weighted by molar-refractivity contribution is -0.167. The Morgan fingerprint density at radius 1 is 0.279 bits per heavy atom. The van der Waals surface area contributed by atoms with Crippen LogP contribution in [0.5, 0.6) is 0 Å². The zero-order valence-electron chi connectivity index (χ0n) is 45.9. The Kier molecular flexibility index (Phi) is 55.7. The zero-order valence-corrected chi connectivity index (χ0v) is 45.9. The van der Waals surface area contributed by atoms with Crippen LogP contribution in [0, 0.1) is 0 Å². The van der Waals surface area contributed by atoms with Gasteiger partial charge in [0.15, 0.2) is 6.10 Å². The largest absolute Gasteiger partial charge is 0.462 e. The lowest BCUT2D eigenvalue weighted by atomic mass is 10.0. The molecule has 0 aliphatic heterocycles. The second-order valence-corrected chi connectivity index (χ2v) is 20.6. The van der Waals surface area contributed by atoms with Gasteiger partial charge < -0.3 is 14.2 Å². The molecule has 0 radical (unpaired) electrons. The summed E-state index contributed by atoms with van der Waals surface area (Å²) in [5.74, 6) is -0.853. The molecule has 0 heterocycles. The Balaban J connectivity index is 4.32. The maximum atomic E-state index is 12.9. The van der Waals surface area contributed by atoms with Gasteiger partial charge in [-0.05, 0) is 70.6 Å². The molecule has 0 bridgehead atoms. The Labute approximate surface area is 423 Å². The second kappa shape index (κ2) is 57.5. The van der Waals surface area contributed by atoms with Crippen molar-refractivity contribution in [3.63, 3.8) is 0 Å². The maximum Gasteiger partial charge on any atom is 0.306 e. The minimum atomic E-state index is -0.771. The summed E-state index contributed by atoms with van der Waals surface area (Å²) in [6.07, 6.45) is 67.4. The van der Waals surface area contributed by atoms with E-state index in [1.54, 1.807) is 0 Å². The Morgan fingerprint density at radius 3 is 0.735 bits per heavy atom. The molecule has 0 N–H and O–H groups in total. The highest BCUT2D eigenvalue weighted by Crippen LogP contribution is 2.17. The molecule has 400 valence electrons. The molecule has 68 heavy (non-hydrogen) atoms. The molecule has 0 spiro atoms. The third-order valence-electron chi connectivity index (χ3n) is 13.7. The monoisotopic (exact) mass is 957 g/mol. The molecule has 0 aliphatic rings. The van der Waals surface area contributed by atoms with E-state index in [1.807, 2.05) is 0 Å². The average Bonchev–Trinajstić information content (AvgIpc) is 3.34. The molecule has 1 unspecified atom stereocenters. The first-order valence-electron chi connectivity index (χ1n) is 30.3. The molecule has 0 amide bonds. The van der Waals surface area contributed by atoms with Crippen molar-refractivity contribution in [3.05, 3.63) is 24.3 Å². The number of hydrogen-bond acceptors (Lipinski definition) is 6. The molecular formula is C62H116O6. The molecule has 0 fully saturated rings. The fourth-order valence-corrected chi connectivity index (χ4v) is 9.08. The maximum absolute atomic E-state index is 12.9. The molecular weight excluding hydrogens is 841 g/mol. The lowest BCUT2D eigenvalue weighted by Gasteiger charge is -2.18. The summed E-state index contributed by atoms with van der Waals surface area (Å²) in [5, 5.41) is 0. The summed E-state index contributed by atoms with van der Waals surface area (Å²) < 4.78 is 16.9. The molecule has 0 aromatic carbocycles. The van der Waals surface area contributed by atoms with E-state index in [0.29, 0.717) is 19.3 Å². The van der Waals surface area contributed by atoms with Gasteiger partial charge in [-0.15, -0.1) is 0 Å². The van der Waals surface area contributed by atoms with Crippen molar-refractivity contribution in [2.75, 3.05) is 13.2 Å². The molecule has 0 saturated heterocycles. The quantitative estimate of drug-likeness (QED) is 0.0262. The highest BCUT2D eigenvalue weighted by atomic mass is 16.6. The van der Waals surface area contributed by atoms with Gasteiger partial charge in [0.2, 0.25) is 0 Å². The molecule has 6 heteroatoms. The number of ether oxygens (including phenoxy) is 3.